The van der Waals surface area contributed by atoms with Gasteiger partial charge in [0.05, 0.1) is 15.1 Å². The number of rotatable bonds is 1. The smallest absolute Gasteiger partial charge is 0.355 e. The molecule has 0 saturated carbocycles. The Labute approximate surface area is 97.4 Å². The Balaban J connectivity index is 2.51. The van der Waals surface area contributed by atoms with Crippen LogP contribution in [0.1, 0.15) is 10.5 Å². The van der Waals surface area contributed by atoms with Gasteiger partial charge in [0.15, 0.2) is 5.69 Å². The van der Waals surface area contributed by atoms with Crippen molar-refractivity contribution in [2.45, 2.75) is 4.90 Å². The molecule has 5 nitrogen and oxygen atoms in total. The molecule has 0 aromatic carbocycles. The van der Waals surface area contributed by atoms with E-state index in [0.29, 0.717) is 16.0 Å². The molecule has 1 aliphatic rings. The second-order valence-electron chi connectivity index (χ2n) is 2.81. The SMILES string of the molecule is O=C1CSc2cc(Br)c(C(=O)O)nc2N1. The number of pyridine rings is 1. The van der Waals surface area contributed by atoms with Gasteiger partial charge in [0, 0.05) is 0 Å². The average molecular weight is 289 g/mol. The molecule has 1 aliphatic heterocycles. The lowest BCUT2D eigenvalue weighted by atomic mass is 10.3. The van der Waals surface area contributed by atoms with Gasteiger partial charge >= 0.3 is 5.97 Å². The van der Waals surface area contributed by atoms with Gasteiger partial charge in [0.2, 0.25) is 5.91 Å². The van der Waals surface area contributed by atoms with Crippen molar-refractivity contribution < 1.29 is 14.7 Å². The van der Waals surface area contributed by atoms with Crippen LogP contribution in [-0.2, 0) is 4.79 Å². The lowest BCUT2D eigenvalue weighted by molar-refractivity contribution is -0.113. The quantitative estimate of drug-likeness (QED) is 0.820. The molecule has 0 fully saturated rings. The molecule has 0 atom stereocenters. The minimum absolute atomic E-state index is 0.100. The fourth-order valence-corrected chi connectivity index (χ4v) is 2.57. The number of hydrogen-bond acceptors (Lipinski definition) is 4. The Morgan fingerprint density at radius 1 is 1.67 bits per heavy atom. The first-order valence-corrected chi connectivity index (χ1v) is 5.72. The maximum absolute atomic E-state index is 11.1. The van der Waals surface area contributed by atoms with E-state index < -0.39 is 5.97 Å². The van der Waals surface area contributed by atoms with Crippen LogP contribution in [0.5, 0.6) is 0 Å². The molecule has 7 heteroatoms. The van der Waals surface area contributed by atoms with Crippen molar-refractivity contribution in [2.24, 2.45) is 0 Å². The molecule has 2 N–H and O–H groups in total. The highest BCUT2D eigenvalue weighted by Gasteiger charge is 2.21. The van der Waals surface area contributed by atoms with Gasteiger partial charge in [-0.25, -0.2) is 9.78 Å². The molecule has 78 valence electrons. The Morgan fingerprint density at radius 3 is 3.07 bits per heavy atom. The van der Waals surface area contributed by atoms with Crippen LogP contribution in [-0.4, -0.2) is 27.7 Å². The molecule has 1 amide bonds. The molecule has 2 rings (SSSR count). The lowest BCUT2D eigenvalue weighted by Crippen LogP contribution is -2.21. The van der Waals surface area contributed by atoms with Crippen LogP contribution in [0.25, 0.3) is 0 Å². The van der Waals surface area contributed by atoms with Gasteiger partial charge in [0.1, 0.15) is 5.82 Å². The minimum Gasteiger partial charge on any atom is -0.476 e. The summed E-state index contributed by atoms with van der Waals surface area (Å²) >= 11 is 4.46. The Bertz CT molecular complexity index is 463. The van der Waals surface area contributed by atoms with Crippen molar-refractivity contribution >= 4 is 45.4 Å². The summed E-state index contributed by atoms with van der Waals surface area (Å²) in [5, 5.41) is 11.3. The number of carbonyl (C=O) groups excluding carboxylic acids is 1. The highest BCUT2D eigenvalue weighted by atomic mass is 79.9. The summed E-state index contributed by atoms with van der Waals surface area (Å²) in [6, 6.07) is 1.65. The van der Waals surface area contributed by atoms with Crippen molar-refractivity contribution in [3.8, 4) is 0 Å². The highest BCUT2D eigenvalue weighted by molar-refractivity contribution is 9.10. The van der Waals surface area contributed by atoms with Crippen LogP contribution in [0.4, 0.5) is 5.82 Å². The predicted octanol–water partition coefficient (Wildman–Crippen LogP) is 1.59. The van der Waals surface area contributed by atoms with Crippen molar-refractivity contribution in [3.05, 3.63) is 16.2 Å². The van der Waals surface area contributed by atoms with E-state index in [1.165, 1.54) is 11.8 Å². The van der Waals surface area contributed by atoms with Gasteiger partial charge in [0.25, 0.3) is 0 Å². The molecule has 0 unspecified atom stereocenters. The Morgan fingerprint density at radius 2 is 2.40 bits per heavy atom. The van der Waals surface area contributed by atoms with E-state index in [0.717, 1.165) is 4.90 Å². The van der Waals surface area contributed by atoms with Crippen LogP contribution in [0.15, 0.2) is 15.4 Å². The molecule has 0 spiro atoms. The molecule has 1 aromatic rings. The van der Waals surface area contributed by atoms with E-state index in [9.17, 15) is 9.59 Å². The van der Waals surface area contributed by atoms with Crippen LogP contribution in [0.3, 0.4) is 0 Å². The number of anilines is 1. The van der Waals surface area contributed by atoms with E-state index in [-0.39, 0.29) is 11.6 Å². The number of nitrogens with one attached hydrogen (secondary N) is 1. The van der Waals surface area contributed by atoms with Gasteiger partial charge in [-0.3, -0.25) is 4.79 Å². The molecule has 0 saturated heterocycles. The first-order valence-electron chi connectivity index (χ1n) is 3.94. The number of carbonyl (C=O) groups is 2. The van der Waals surface area contributed by atoms with Gasteiger partial charge in [-0.1, -0.05) is 0 Å². The number of aromatic nitrogens is 1. The maximum Gasteiger partial charge on any atom is 0.355 e. The number of amides is 1. The minimum atomic E-state index is -1.13. The third-order valence-electron chi connectivity index (χ3n) is 1.76. The van der Waals surface area contributed by atoms with Crippen molar-refractivity contribution in [3.63, 3.8) is 0 Å². The molecular weight excluding hydrogens is 284 g/mol. The van der Waals surface area contributed by atoms with E-state index in [1.807, 2.05) is 0 Å². The number of carboxylic acid groups (broad SMARTS) is 1. The van der Waals surface area contributed by atoms with E-state index in [4.69, 9.17) is 5.11 Å². The predicted molar refractivity (Wildman–Crippen MR) is 58.2 cm³/mol. The summed E-state index contributed by atoms with van der Waals surface area (Å²) < 4.78 is 0.414. The molecule has 15 heavy (non-hydrogen) atoms. The van der Waals surface area contributed by atoms with E-state index in [1.54, 1.807) is 6.07 Å². The summed E-state index contributed by atoms with van der Waals surface area (Å²) in [5.41, 5.74) is -0.100. The van der Waals surface area contributed by atoms with Gasteiger partial charge in [-0.2, -0.15) is 0 Å². The van der Waals surface area contributed by atoms with Gasteiger partial charge < -0.3 is 10.4 Å². The lowest BCUT2D eigenvalue weighted by Gasteiger charge is -2.15. The first kappa shape index (κ1) is 10.4. The maximum atomic E-state index is 11.1. The third kappa shape index (κ3) is 1.98. The van der Waals surface area contributed by atoms with Gasteiger partial charge in [-0.05, 0) is 22.0 Å². The van der Waals surface area contributed by atoms with Crippen molar-refractivity contribution in [1.82, 2.24) is 4.98 Å². The summed E-state index contributed by atoms with van der Waals surface area (Å²) in [4.78, 5) is 26.5. The molecular formula is C8H5BrN2O3S. The van der Waals surface area contributed by atoms with E-state index >= 15 is 0 Å². The van der Waals surface area contributed by atoms with Crippen molar-refractivity contribution in [1.29, 1.82) is 0 Å². The summed E-state index contributed by atoms with van der Waals surface area (Å²) in [5.74, 6) is -0.655. The fraction of sp³-hybridized carbons (Fsp3) is 0.125. The van der Waals surface area contributed by atoms with Crippen LogP contribution >= 0.6 is 27.7 Å². The van der Waals surface area contributed by atoms with Crippen molar-refractivity contribution in [2.75, 3.05) is 11.1 Å². The number of hydrogen-bond donors (Lipinski definition) is 2. The number of nitrogens with zero attached hydrogens (tertiary/aromatic N) is 1. The molecule has 0 bridgehead atoms. The highest BCUT2D eigenvalue weighted by Crippen LogP contribution is 2.33. The zero-order chi connectivity index (χ0) is 11.0. The van der Waals surface area contributed by atoms with Gasteiger partial charge in [-0.15, -0.1) is 11.8 Å². The normalized spacial score (nSPS) is 14.3. The first-order chi connectivity index (χ1) is 7.08. The number of fused-ring (bicyclic) bond motifs is 1. The number of halogens is 1. The monoisotopic (exact) mass is 288 g/mol. The number of thioether (sulfide) groups is 1. The molecule has 2 heterocycles. The summed E-state index contributed by atoms with van der Waals surface area (Å²) in [7, 11) is 0. The van der Waals surface area contributed by atoms with Crippen LogP contribution in [0.2, 0.25) is 0 Å². The fourth-order valence-electron chi connectivity index (χ4n) is 1.13. The number of carboxylic acids is 1. The Hall–Kier alpha value is -1.08. The molecule has 0 radical (unpaired) electrons. The van der Waals surface area contributed by atoms with E-state index in [2.05, 4.69) is 26.2 Å². The second kappa shape index (κ2) is 3.82. The number of aromatic carboxylic acids is 1. The zero-order valence-electron chi connectivity index (χ0n) is 7.28. The Kier molecular flexibility index (Phi) is 2.66. The zero-order valence-corrected chi connectivity index (χ0v) is 9.68. The largest absolute Gasteiger partial charge is 0.476 e. The summed E-state index contributed by atoms with van der Waals surface area (Å²) in [6.45, 7) is 0. The third-order valence-corrected chi connectivity index (χ3v) is 3.39. The molecule has 0 aliphatic carbocycles. The standard InChI is InChI=1S/C8H5BrN2O3S/c9-3-1-4-7(10-5(12)2-15-4)11-6(3)8(13)14/h1H,2H2,(H,13,14)(H,10,11,12). The molecule has 1 aromatic heterocycles. The average Bonchev–Trinajstić information content (AvgIpc) is 2.17. The second-order valence-corrected chi connectivity index (χ2v) is 4.68. The summed E-state index contributed by atoms with van der Waals surface area (Å²) in [6.07, 6.45) is 0. The topological polar surface area (TPSA) is 79.3 Å². The van der Waals surface area contributed by atoms with Crippen LogP contribution < -0.4 is 5.32 Å². The van der Waals surface area contributed by atoms with Crippen LogP contribution in [0, 0.1) is 0 Å².